The zero-order valence-corrected chi connectivity index (χ0v) is 20.2. The van der Waals surface area contributed by atoms with E-state index in [1.807, 2.05) is 4.72 Å². The van der Waals surface area contributed by atoms with E-state index in [4.69, 9.17) is 9.47 Å². The molecule has 0 spiro atoms. The zero-order chi connectivity index (χ0) is 23.5. The maximum atomic E-state index is 15.1. The molecule has 0 radical (unpaired) electrons. The quantitative estimate of drug-likeness (QED) is 0.623. The van der Waals surface area contributed by atoms with E-state index < -0.39 is 21.9 Å². The molecule has 7 nitrogen and oxygen atoms in total. The first-order chi connectivity index (χ1) is 16.3. The summed E-state index contributed by atoms with van der Waals surface area (Å²) in [7, 11) is -4.10. The Morgan fingerprint density at radius 1 is 1.15 bits per heavy atom. The molecule has 1 saturated heterocycles. The molecule has 1 heterocycles. The lowest BCUT2D eigenvalue weighted by Gasteiger charge is -2.56. The summed E-state index contributed by atoms with van der Waals surface area (Å²) in [6, 6.07) is 2.79. The van der Waals surface area contributed by atoms with Gasteiger partial charge in [-0.3, -0.25) is 4.79 Å². The van der Waals surface area contributed by atoms with Crippen molar-refractivity contribution in [2.45, 2.75) is 63.7 Å². The Balaban J connectivity index is 1.20. The van der Waals surface area contributed by atoms with Gasteiger partial charge >= 0.3 is 10.2 Å². The number of amides is 1. The Morgan fingerprint density at radius 2 is 1.82 bits per heavy atom. The Bertz CT molecular complexity index is 1050. The van der Waals surface area contributed by atoms with E-state index in [0.29, 0.717) is 25.4 Å². The first-order valence-corrected chi connectivity index (χ1v) is 14.1. The predicted molar refractivity (Wildman–Crippen MR) is 123 cm³/mol. The van der Waals surface area contributed by atoms with Gasteiger partial charge in [-0.25, -0.2) is 9.11 Å². The van der Waals surface area contributed by atoms with Crippen molar-refractivity contribution < 1.29 is 27.1 Å². The highest BCUT2D eigenvalue weighted by molar-refractivity contribution is 7.87. The van der Waals surface area contributed by atoms with Gasteiger partial charge in [0.2, 0.25) is 0 Å². The topological polar surface area (TPSA) is 84.9 Å². The smallest absolute Gasteiger partial charge is 0.306 e. The van der Waals surface area contributed by atoms with Crippen LogP contribution in [0.25, 0.3) is 0 Å². The molecular weight excluding hydrogens is 459 g/mol. The van der Waals surface area contributed by atoms with Gasteiger partial charge in [-0.1, -0.05) is 0 Å². The number of rotatable bonds is 7. The first kappa shape index (κ1) is 22.7. The van der Waals surface area contributed by atoms with Crippen molar-refractivity contribution >= 4 is 16.1 Å². The highest BCUT2D eigenvalue weighted by Crippen LogP contribution is 2.60. The standard InChI is InChI=1S/C25H33FN2O5S/c26-22-10-23(33-14-25-11-16-6-17(12-25)8-18(7-16)13-25)20(19-2-3-19)9-21(22)24(29)27-34(30,31)28-4-1-5-32-15-28/h9-10,16-19H,1-8,11-15H2,(H,27,29). The molecule has 1 aliphatic heterocycles. The van der Waals surface area contributed by atoms with E-state index in [2.05, 4.69) is 0 Å². The van der Waals surface area contributed by atoms with Crippen molar-refractivity contribution in [1.29, 1.82) is 0 Å². The average molecular weight is 493 g/mol. The van der Waals surface area contributed by atoms with Crippen molar-refractivity contribution in [2.24, 2.45) is 23.2 Å². The summed E-state index contributed by atoms with van der Waals surface area (Å²) in [5.74, 6) is 1.46. The molecule has 9 heteroatoms. The molecule has 0 aromatic heterocycles. The summed E-state index contributed by atoms with van der Waals surface area (Å²) in [6.45, 7) is 1.22. The molecule has 5 saturated carbocycles. The normalized spacial score (nSPS) is 33.1. The number of carbonyl (C=O) groups excluding carboxylic acids is 1. The molecule has 6 fully saturated rings. The van der Waals surface area contributed by atoms with Crippen LogP contribution in [0.15, 0.2) is 12.1 Å². The van der Waals surface area contributed by atoms with E-state index in [-0.39, 0.29) is 30.2 Å². The van der Waals surface area contributed by atoms with E-state index in [0.717, 1.165) is 40.5 Å². The third-order valence-electron chi connectivity index (χ3n) is 8.55. The van der Waals surface area contributed by atoms with Crippen molar-refractivity contribution in [3.63, 3.8) is 0 Å². The highest BCUT2D eigenvalue weighted by Gasteiger charge is 2.51. The minimum absolute atomic E-state index is 0.116. The minimum Gasteiger partial charge on any atom is -0.493 e. The first-order valence-electron chi connectivity index (χ1n) is 12.7. The molecule has 0 atom stereocenters. The van der Waals surface area contributed by atoms with Crippen LogP contribution in [0.3, 0.4) is 0 Å². The fraction of sp³-hybridized carbons (Fsp3) is 0.720. The highest BCUT2D eigenvalue weighted by atomic mass is 32.2. The lowest BCUT2D eigenvalue weighted by atomic mass is 9.50. The van der Waals surface area contributed by atoms with Gasteiger partial charge in [0.15, 0.2) is 0 Å². The number of hydrogen-bond donors (Lipinski definition) is 1. The van der Waals surface area contributed by atoms with Crippen molar-refractivity contribution in [3.05, 3.63) is 29.1 Å². The molecule has 1 aromatic rings. The van der Waals surface area contributed by atoms with E-state index in [1.165, 1.54) is 50.7 Å². The predicted octanol–water partition coefficient (Wildman–Crippen LogP) is 3.95. The maximum Gasteiger partial charge on any atom is 0.306 e. The average Bonchev–Trinajstić information content (AvgIpc) is 3.62. The molecule has 34 heavy (non-hydrogen) atoms. The number of halogens is 1. The van der Waals surface area contributed by atoms with E-state index >= 15 is 4.39 Å². The van der Waals surface area contributed by atoms with Gasteiger partial charge in [0, 0.05) is 24.6 Å². The summed E-state index contributed by atoms with van der Waals surface area (Å²) in [5, 5.41) is 0. The third-order valence-corrected chi connectivity index (χ3v) is 9.96. The van der Waals surface area contributed by atoms with Gasteiger partial charge in [0.1, 0.15) is 18.3 Å². The van der Waals surface area contributed by atoms with Crippen LogP contribution in [0, 0.1) is 29.0 Å². The molecule has 1 amide bonds. The largest absolute Gasteiger partial charge is 0.493 e. The monoisotopic (exact) mass is 492 g/mol. The lowest BCUT2D eigenvalue weighted by molar-refractivity contribution is -0.0747. The lowest BCUT2D eigenvalue weighted by Crippen LogP contribution is -2.48. The maximum absolute atomic E-state index is 15.1. The SMILES string of the molecule is O=C(NS(=O)(=O)N1CCCOC1)c1cc(C2CC2)c(OCC23CC4CC(CC(C4)C2)C3)cc1F. The summed E-state index contributed by atoms with van der Waals surface area (Å²) in [5.41, 5.74) is 0.757. The van der Waals surface area contributed by atoms with Gasteiger partial charge < -0.3 is 9.47 Å². The second-order valence-electron chi connectivity index (χ2n) is 11.4. The molecule has 5 aliphatic carbocycles. The van der Waals surface area contributed by atoms with Crippen molar-refractivity contribution in [1.82, 2.24) is 9.03 Å². The van der Waals surface area contributed by atoms with Crippen LogP contribution in [0.5, 0.6) is 5.75 Å². The summed E-state index contributed by atoms with van der Waals surface area (Å²) in [6.07, 6.45) is 10.2. The van der Waals surface area contributed by atoms with Gasteiger partial charge in [-0.05, 0) is 93.1 Å². The fourth-order valence-electron chi connectivity index (χ4n) is 7.28. The summed E-state index contributed by atoms with van der Waals surface area (Å²) >= 11 is 0. The molecule has 1 N–H and O–H groups in total. The second-order valence-corrected chi connectivity index (χ2v) is 13.0. The number of nitrogens with one attached hydrogen (secondary N) is 1. The molecule has 1 aromatic carbocycles. The second kappa shape index (κ2) is 8.45. The number of nitrogens with zero attached hydrogens (tertiary/aromatic N) is 1. The van der Waals surface area contributed by atoms with Crippen molar-refractivity contribution in [3.8, 4) is 5.75 Å². The molecular formula is C25H33FN2O5S. The van der Waals surface area contributed by atoms with E-state index in [9.17, 15) is 13.2 Å². The van der Waals surface area contributed by atoms with Crippen LogP contribution >= 0.6 is 0 Å². The van der Waals surface area contributed by atoms with Crippen LogP contribution < -0.4 is 9.46 Å². The van der Waals surface area contributed by atoms with Gasteiger partial charge in [-0.15, -0.1) is 0 Å². The minimum atomic E-state index is -4.10. The Kier molecular flexibility index (Phi) is 5.65. The molecule has 0 unspecified atom stereocenters. The Labute approximate surface area is 200 Å². The molecule has 4 bridgehead atoms. The van der Waals surface area contributed by atoms with Crippen LogP contribution in [0.2, 0.25) is 0 Å². The number of hydrogen-bond acceptors (Lipinski definition) is 5. The molecule has 6 aliphatic rings. The van der Waals surface area contributed by atoms with Gasteiger partial charge in [0.05, 0.1) is 12.2 Å². The fourth-order valence-corrected chi connectivity index (χ4v) is 8.34. The summed E-state index contributed by atoms with van der Waals surface area (Å²) < 4.78 is 54.8. The Morgan fingerprint density at radius 3 is 2.41 bits per heavy atom. The third kappa shape index (κ3) is 4.35. The number of ether oxygens (including phenoxy) is 2. The van der Waals surface area contributed by atoms with E-state index in [1.54, 1.807) is 0 Å². The number of benzene rings is 1. The number of carbonyl (C=O) groups is 1. The van der Waals surface area contributed by atoms with Crippen LogP contribution in [0.4, 0.5) is 4.39 Å². The van der Waals surface area contributed by atoms with Gasteiger partial charge in [0.25, 0.3) is 5.91 Å². The van der Waals surface area contributed by atoms with Gasteiger partial charge in [-0.2, -0.15) is 12.7 Å². The van der Waals surface area contributed by atoms with Crippen molar-refractivity contribution in [2.75, 3.05) is 26.5 Å². The molecule has 186 valence electrons. The molecule has 7 rings (SSSR count). The summed E-state index contributed by atoms with van der Waals surface area (Å²) in [4.78, 5) is 12.8. The zero-order valence-electron chi connectivity index (χ0n) is 19.4. The van der Waals surface area contributed by atoms with Crippen LogP contribution in [-0.2, 0) is 14.9 Å². The van der Waals surface area contributed by atoms with Crippen LogP contribution in [-0.4, -0.2) is 45.1 Å². The van der Waals surface area contributed by atoms with Crippen LogP contribution in [0.1, 0.15) is 79.6 Å². The Hall–Kier alpha value is -1.71.